The Labute approximate surface area is 155 Å². The summed E-state index contributed by atoms with van der Waals surface area (Å²) in [5.41, 5.74) is -2.92. The molecule has 1 N–H and O–H groups in total. The summed E-state index contributed by atoms with van der Waals surface area (Å²) in [7, 11) is -4.14. The van der Waals surface area contributed by atoms with Crippen molar-refractivity contribution in [3.8, 4) is 17.0 Å². The van der Waals surface area contributed by atoms with E-state index in [4.69, 9.17) is 4.74 Å². The second kappa shape index (κ2) is 7.47. The third-order valence-electron chi connectivity index (χ3n) is 4.02. The van der Waals surface area contributed by atoms with Crippen LogP contribution in [-0.2, 0) is 16.0 Å². The average molecular weight is 403 g/mol. The van der Waals surface area contributed by atoms with Crippen LogP contribution in [0, 0.1) is 0 Å². The number of halogens is 3. The lowest BCUT2D eigenvalue weighted by Gasteiger charge is -2.23. The zero-order valence-corrected chi connectivity index (χ0v) is 15.9. The van der Waals surface area contributed by atoms with Crippen LogP contribution < -0.4 is 4.74 Å². The van der Waals surface area contributed by atoms with E-state index in [0.717, 1.165) is 6.26 Å². The van der Waals surface area contributed by atoms with E-state index < -0.39 is 43.5 Å². The number of alkyl halides is 3. The third-order valence-corrected chi connectivity index (χ3v) is 5.14. The van der Waals surface area contributed by atoms with Crippen molar-refractivity contribution in [2.75, 3.05) is 12.9 Å². The molecule has 1 unspecified atom stereocenters. The molecule has 5 nitrogen and oxygen atoms in total. The average Bonchev–Trinajstić information content (AvgIpc) is 2.58. The highest BCUT2D eigenvalue weighted by atomic mass is 32.2. The Morgan fingerprint density at radius 2 is 1.78 bits per heavy atom. The SMILES string of the molecule is CCC(C)(O)COc1ncc(C(F)(F)F)c(-c2ccccc2)c1S(C)(=O)=O. The third kappa shape index (κ3) is 4.98. The van der Waals surface area contributed by atoms with Gasteiger partial charge in [-0.3, -0.25) is 0 Å². The fraction of sp³-hybridized carbons (Fsp3) is 0.389. The van der Waals surface area contributed by atoms with Crippen LogP contribution in [-0.4, -0.2) is 37.0 Å². The topological polar surface area (TPSA) is 76.5 Å². The van der Waals surface area contributed by atoms with Gasteiger partial charge in [0.2, 0.25) is 5.88 Å². The molecule has 0 fully saturated rings. The predicted molar refractivity (Wildman–Crippen MR) is 94.2 cm³/mol. The van der Waals surface area contributed by atoms with Gasteiger partial charge >= 0.3 is 6.18 Å². The quantitative estimate of drug-likeness (QED) is 0.796. The highest BCUT2D eigenvalue weighted by Crippen LogP contribution is 2.43. The van der Waals surface area contributed by atoms with E-state index in [2.05, 4.69) is 4.98 Å². The summed E-state index contributed by atoms with van der Waals surface area (Å²) in [5, 5.41) is 10.1. The minimum atomic E-state index is -4.81. The van der Waals surface area contributed by atoms with Gasteiger partial charge in [-0.25, -0.2) is 13.4 Å². The standard InChI is InChI=1S/C18H20F3NO4S/c1-4-17(2,23)11-26-16-15(27(3,24)25)14(12-8-6-5-7-9-12)13(10-22-16)18(19,20)21/h5-10,23H,4,11H2,1-3H3. The van der Waals surface area contributed by atoms with Crippen LogP contribution in [0.3, 0.4) is 0 Å². The van der Waals surface area contributed by atoms with Crippen LogP contribution in [0.1, 0.15) is 25.8 Å². The van der Waals surface area contributed by atoms with E-state index >= 15 is 0 Å². The van der Waals surface area contributed by atoms with Gasteiger partial charge in [-0.15, -0.1) is 0 Å². The molecule has 0 saturated heterocycles. The summed E-state index contributed by atoms with van der Waals surface area (Å²) in [6.45, 7) is 2.84. The molecule has 0 radical (unpaired) electrons. The van der Waals surface area contributed by atoms with Crippen LogP contribution in [0.4, 0.5) is 13.2 Å². The lowest BCUT2D eigenvalue weighted by molar-refractivity contribution is -0.137. The first-order valence-electron chi connectivity index (χ1n) is 8.07. The summed E-state index contributed by atoms with van der Waals surface area (Å²) < 4.78 is 70.7. The molecule has 148 valence electrons. The van der Waals surface area contributed by atoms with Gasteiger partial charge in [0.1, 0.15) is 11.5 Å². The number of aromatic nitrogens is 1. The smallest absolute Gasteiger partial charge is 0.418 e. The van der Waals surface area contributed by atoms with Crippen molar-refractivity contribution >= 4 is 9.84 Å². The minimum Gasteiger partial charge on any atom is -0.474 e. The number of pyridine rings is 1. The summed E-state index contributed by atoms with van der Waals surface area (Å²) in [5.74, 6) is -0.474. The number of hydrogen-bond acceptors (Lipinski definition) is 5. The zero-order chi connectivity index (χ0) is 20.5. The van der Waals surface area contributed by atoms with Crippen molar-refractivity contribution in [3.05, 3.63) is 42.1 Å². The number of nitrogens with zero attached hydrogens (tertiary/aromatic N) is 1. The van der Waals surface area contributed by atoms with Crippen molar-refractivity contribution in [1.29, 1.82) is 0 Å². The van der Waals surface area contributed by atoms with E-state index in [1.807, 2.05) is 0 Å². The van der Waals surface area contributed by atoms with Gasteiger partial charge in [-0.05, 0) is 18.9 Å². The van der Waals surface area contributed by atoms with Crippen molar-refractivity contribution in [2.45, 2.75) is 36.9 Å². The molecule has 27 heavy (non-hydrogen) atoms. The van der Waals surface area contributed by atoms with Gasteiger partial charge < -0.3 is 9.84 Å². The van der Waals surface area contributed by atoms with Crippen molar-refractivity contribution in [3.63, 3.8) is 0 Å². The summed E-state index contributed by atoms with van der Waals surface area (Å²) in [6, 6.07) is 7.37. The fourth-order valence-electron chi connectivity index (χ4n) is 2.35. The fourth-order valence-corrected chi connectivity index (χ4v) is 3.38. The Morgan fingerprint density at radius 3 is 2.26 bits per heavy atom. The molecule has 2 aromatic rings. The van der Waals surface area contributed by atoms with Gasteiger partial charge in [0.25, 0.3) is 0 Å². The molecule has 0 spiro atoms. The largest absolute Gasteiger partial charge is 0.474 e. The van der Waals surface area contributed by atoms with Gasteiger partial charge in [0.05, 0.1) is 11.2 Å². The first-order chi connectivity index (χ1) is 12.4. The number of aliphatic hydroxyl groups is 1. The molecule has 1 atom stereocenters. The first-order valence-corrected chi connectivity index (χ1v) is 9.97. The first kappa shape index (κ1) is 21.2. The molecule has 1 aromatic carbocycles. The molecule has 1 aromatic heterocycles. The molecule has 0 amide bonds. The van der Waals surface area contributed by atoms with Crippen LogP contribution in [0.5, 0.6) is 5.88 Å². The van der Waals surface area contributed by atoms with Gasteiger partial charge in [0.15, 0.2) is 9.84 Å². The maximum Gasteiger partial charge on any atom is 0.418 e. The molecule has 0 aliphatic carbocycles. The molecular weight excluding hydrogens is 383 g/mol. The molecule has 0 aliphatic heterocycles. The minimum absolute atomic E-state index is 0.0692. The Balaban J connectivity index is 2.78. The number of ether oxygens (including phenoxy) is 1. The number of benzene rings is 1. The molecule has 2 rings (SSSR count). The molecule has 0 aliphatic rings. The van der Waals surface area contributed by atoms with Crippen molar-refractivity contribution in [2.24, 2.45) is 0 Å². The van der Waals surface area contributed by atoms with Crippen molar-refractivity contribution in [1.82, 2.24) is 4.98 Å². The predicted octanol–water partition coefficient (Wildman–Crippen LogP) is 3.71. The Kier molecular flexibility index (Phi) is 5.86. The van der Waals surface area contributed by atoms with E-state index in [1.54, 1.807) is 13.0 Å². The van der Waals surface area contributed by atoms with Crippen LogP contribution in [0.15, 0.2) is 41.4 Å². The van der Waals surface area contributed by atoms with Crippen LogP contribution in [0.25, 0.3) is 11.1 Å². The summed E-state index contributed by atoms with van der Waals surface area (Å²) in [4.78, 5) is 2.95. The van der Waals surface area contributed by atoms with E-state index in [1.165, 1.54) is 31.2 Å². The maximum atomic E-state index is 13.5. The van der Waals surface area contributed by atoms with Crippen LogP contribution >= 0.6 is 0 Å². The van der Waals surface area contributed by atoms with Gasteiger partial charge in [-0.2, -0.15) is 13.2 Å². The molecule has 0 saturated carbocycles. The normalized spacial score (nSPS) is 14.6. The molecule has 0 bridgehead atoms. The number of rotatable bonds is 6. The Bertz CT molecular complexity index is 910. The number of sulfone groups is 1. The highest BCUT2D eigenvalue weighted by Gasteiger charge is 2.39. The van der Waals surface area contributed by atoms with E-state index in [0.29, 0.717) is 12.6 Å². The monoisotopic (exact) mass is 403 g/mol. The van der Waals surface area contributed by atoms with E-state index in [-0.39, 0.29) is 12.2 Å². The second-order valence-electron chi connectivity index (χ2n) is 6.46. The van der Waals surface area contributed by atoms with Crippen molar-refractivity contribution < 1.29 is 31.4 Å². The Hall–Kier alpha value is -2.13. The van der Waals surface area contributed by atoms with E-state index in [9.17, 15) is 26.7 Å². The summed E-state index contributed by atoms with van der Waals surface area (Å²) in [6.07, 6.45) is -3.17. The molecular formula is C18H20F3NO4S. The second-order valence-corrected chi connectivity index (χ2v) is 8.41. The van der Waals surface area contributed by atoms with Gasteiger partial charge in [0, 0.05) is 18.0 Å². The maximum absolute atomic E-state index is 13.5. The molecule has 1 heterocycles. The van der Waals surface area contributed by atoms with Gasteiger partial charge in [-0.1, -0.05) is 37.3 Å². The zero-order valence-electron chi connectivity index (χ0n) is 15.0. The lowest BCUT2D eigenvalue weighted by Crippen LogP contribution is -2.31. The van der Waals surface area contributed by atoms with Crippen LogP contribution in [0.2, 0.25) is 0 Å². The lowest BCUT2D eigenvalue weighted by atomic mass is 10.0. The number of hydrogen-bond donors (Lipinski definition) is 1. The molecule has 9 heteroatoms. The Morgan fingerprint density at radius 1 is 1.19 bits per heavy atom. The summed E-state index contributed by atoms with van der Waals surface area (Å²) >= 11 is 0. The highest BCUT2D eigenvalue weighted by molar-refractivity contribution is 7.91.